The third kappa shape index (κ3) is 4.80. The molecule has 4 saturated carbocycles. The Bertz CT molecular complexity index is 1290. The molecule has 4 aliphatic rings. The highest BCUT2D eigenvalue weighted by molar-refractivity contribution is 6.32. The average molecular weight is 541 g/mol. The van der Waals surface area contributed by atoms with Crippen LogP contribution in [0.3, 0.4) is 0 Å². The number of halogens is 3. The van der Waals surface area contributed by atoms with Gasteiger partial charge in [0.05, 0.1) is 16.4 Å². The number of hydrogen-bond donors (Lipinski definition) is 2. The molecule has 4 bridgehead atoms. The topological polar surface area (TPSA) is 59.0 Å². The molecular weight excluding hydrogens is 510 g/mol. The largest absolute Gasteiger partial charge is 0.349 e. The summed E-state index contributed by atoms with van der Waals surface area (Å²) in [7, 11) is 0. The summed E-state index contributed by atoms with van der Waals surface area (Å²) in [4.78, 5) is 13.3. The molecule has 1 aromatic heterocycles. The number of carbonyl (C=O) groups excluding carboxylic acids is 1. The lowest BCUT2D eigenvalue weighted by atomic mass is 9.54. The van der Waals surface area contributed by atoms with E-state index in [0.717, 1.165) is 35.8 Å². The summed E-state index contributed by atoms with van der Waals surface area (Å²) in [5, 5.41) is 12.3. The van der Waals surface area contributed by atoms with Crippen LogP contribution >= 0.6 is 23.2 Å². The Balaban J connectivity index is 1.19. The summed E-state index contributed by atoms with van der Waals surface area (Å²) in [5.41, 5.74) is 3.08. The van der Waals surface area contributed by atoms with Crippen LogP contribution in [0, 0.1) is 36.4 Å². The quantitative estimate of drug-likeness (QED) is 0.339. The second-order valence-electron chi connectivity index (χ2n) is 11.0. The standard InChI is InChI=1S/C29H31Cl2FN4O/c1-16-26(29(37)34-9-8-33-27-20-11-17-10-18(13-20)14-21(27)12-17)35-36(25-7-6-23(32)15-24(25)31)28(16)19-2-4-22(30)5-3-19/h2-7,15,17-18,20-21,27,33H,8-14H2,1H3,(H,34,37). The fourth-order valence-corrected chi connectivity index (χ4v) is 7.62. The van der Waals surface area contributed by atoms with E-state index in [1.165, 1.54) is 44.2 Å². The van der Waals surface area contributed by atoms with Gasteiger partial charge in [-0.1, -0.05) is 35.3 Å². The van der Waals surface area contributed by atoms with E-state index in [0.29, 0.717) is 40.2 Å². The molecule has 2 N–H and O–H groups in total. The van der Waals surface area contributed by atoms with Gasteiger partial charge in [0.2, 0.25) is 0 Å². The minimum atomic E-state index is -0.435. The second-order valence-corrected chi connectivity index (χ2v) is 11.8. The van der Waals surface area contributed by atoms with Crippen molar-refractivity contribution in [2.75, 3.05) is 13.1 Å². The molecule has 1 heterocycles. The van der Waals surface area contributed by atoms with Gasteiger partial charge < -0.3 is 10.6 Å². The van der Waals surface area contributed by atoms with Gasteiger partial charge in [0.25, 0.3) is 5.91 Å². The molecule has 0 atom stereocenters. The number of amides is 1. The Morgan fingerprint density at radius 3 is 2.32 bits per heavy atom. The van der Waals surface area contributed by atoms with E-state index in [-0.39, 0.29) is 10.9 Å². The third-order valence-corrected chi connectivity index (χ3v) is 9.16. The number of carbonyl (C=O) groups is 1. The first-order chi connectivity index (χ1) is 17.9. The maximum absolute atomic E-state index is 13.7. The molecule has 1 amide bonds. The van der Waals surface area contributed by atoms with Crippen LogP contribution in [0.2, 0.25) is 10.0 Å². The SMILES string of the molecule is Cc1c(C(=O)NCCNC2C3CC4CC(C3)CC2C4)nn(-c2ccc(F)cc2Cl)c1-c1ccc(Cl)cc1. The molecule has 194 valence electrons. The van der Waals surface area contributed by atoms with Crippen molar-refractivity contribution in [1.82, 2.24) is 20.4 Å². The molecular formula is C29H31Cl2FN4O. The molecule has 4 fully saturated rings. The number of aromatic nitrogens is 2. The van der Waals surface area contributed by atoms with Crippen molar-refractivity contribution in [2.24, 2.45) is 23.7 Å². The molecule has 5 nitrogen and oxygen atoms in total. The summed E-state index contributed by atoms with van der Waals surface area (Å²) in [5.74, 6) is 2.82. The Labute approximate surface area is 226 Å². The zero-order chi connectivity index (χ0) is 25.7. The lowest BCUT2D eigenvalue weighted by Gasteiger charge is -2.54. The fraction of sp³-hybridized carbons (Fsp3) is 0.448. The van der Waals surface area contributed by atoms with Gasteiger partial charge in [0.15, 0.2) is 5.69 Å². The molecule has 0 radical (unpaired) electrons. The van der Waals surface area contributed by atoms with E-state index in [9.17, 15) is 9.18 Å². The van der Waals surface area contributed by atoms with Gasteiger partial charge in [-0.15, -0.1) is 0 Å². The smallest absolute Gasteiger partial charge is 0.272 e. The van der Waals surface area contributed by atoms with Crippen LogP contribution in [0.5, 0.6) is 0 Å². The van der Waals surface area contributed by atoms with Crippen molar-refractivity contribution < 1.29 is 9.18 Å². The van der Waals surface area contributed by atoms with Crippen molar-refractivity contribution in [2.45, 2.75) is 45.1 Å². The average Bonchev–Trinajstić information content (AvgIpc) is 3.20. The van der Waals surface area contributed by atoms with Crippen molar-refractivity contribution >= 4 is 29.1 Å². The van der Waals surface area contributed by atoms with Gasteiger partial charge in [-0.05, 0) is 93.0 Å². The summed E-state index contributed by atoms with van der Waals surface area (Å²) in [6, 6.07) is 12.1. The van der Waals surface area contributed by atoms with E-state index < -0.39 is 5.82 Å². The van der Waals surface area contributed by atoms with E-state index in [1.807, 2.05) is 19.1 Å². The van der Waals surface area contributed by atoms with Crippen molar-refractivity contribution in [3.63, 3.8) is 0 Å². The van der Waals surface area contributed by atoms with E-state index in [2.05, 4.69) is 15.7 Å². The first-order valence-corrected chi connectivity index (χ1v) is 14.0. The van der Waals surface area contributed by atoms with Crippen LogP contribution in [-0.2, 0) is 0 Å². The van der Waals surface area contributed by atoms with Gasteiger partial charge >= 0.3 is 0 Å². The maximum Gasteiger partial charge on any atom is 0.272 e. The number of nitrogens with one attached hydrogen (secondary N) is 2. The number of rotatable bonds is 7. The lowest BCUT2D eigenvalue weighted by molar-refractivity contribution is -0.0133. The zero-order valence-corrected chi connectivity index (χ0v) is 22.3. The second kappa shape index (κ2) is 10.0. The van der Waals surface area contributed by atoms with Crippen LogP contribution in [0.1, 0.15) is 48.2 Å². The van der Waals surface area contributed by atoms with E-state index >= 15 is 0 Å². The van der Waals surface area contributed by atoms with Crippen molar-refractivity contribution in [3.8, 4) is 16.9 Å². The normalized spacial score (nSPS) is 26.0. The van der Waals surface area contributed by atoms with E-state index in [1.54, 1.807) is 22.9 Å². The molecule has 0 unspecified atom stereocenters. The molecule has 8 heteroatoms. The summed E-state index contributed by atoms with van der Waals surface area (Å²) in [6.07, 6.45) is 6.92. The Morgan fingerprint density at radius 2 is 1.68 bits per heavy atom. The molecule has 0 saturated heterocycles. The first-order valence-electron chi connectivity index (χ1n) is 13.2. The Hall–Kier alpha value is -2.41. The van der Waals surface area contributed by atoms with Crippen LogP contribution in [-0.4, -0.2) is 34.8 Å². The maximum atomic E-state index is 13.7. The third-order valence-electron chi connectivity index (χ3n) is 8.61. The minimum Gasteiger partial charge on any atom is -0.349 e. The van der Waals surface area contributed by atoms with Crippen LogP contribution in [0.4, 0.5) is 4.39 Å². The van der Waals surface area contributed by atoms with Crippen LogP contribution in [0.25, 0.3) is 16.9 Å². The Morgan fingerprint density at radius 1 is 1.00 bits per heavy atom. The predicted molar refractivity (Wildman–Crippen MR) is 145 cm³/mol. The summed E-state index contributed by atoms with van der Waals surface area (Å²) < 4.78 is 15.4. The monoisotopic (exact) mass is 540 g/mol. The van der Waals surface area contributed by atoms with Gasteiger partial charge in [-0.3, -0.25) is 4.79 Å². The van der Waals surface area contributed by atoms with Gasteiger partial charge in [-0.25, -0.2) is 9.07 Å². The highest BCUT2D eigenvalue weighted by Gasteiger charge is 2.47. The molecule has 0 spiro atoms. The number of nitrogens with zero attached hydrogens (tertiary/aromatic N) is 2. The number of hydrogen-bond acceptors (Lipinski definition) is 3. The summed E-state index contributed by atoms with van der Waals surface area (Å²) >= 11 is 12.5. The van der Waals surface area contributed by atoms with Gasteiger partial charge in [0, 0.05) is 35.3 Å². The lowest BCUT2D eigenvalue weighted by Crippen LogP contribution is -2.55. The molecule has 0 aliphatic heterocycles. The highest BCUT2D eigenvalue weighted by Crippen LogP contribution is 2.53. The van der Waals surface area contributed by atoms with Crippen molar-refractivity contribution in [1.29, 1.82) is 0 Å². The zero-order valence-electron chi connectivity index (χ0n) is 20.8. The molecule has 2 aromatic carbocycles. The molecule has 3 aromatic rings. The Kier molecular flexibility index (Phi) is 6.76. The van der Waals surface area contributed by atoms with Crippen LogP contribution in [0.15, 0.2) is 42.5 Å². The minimum absolute atomic E-state index is 0.213. The predicted octanol–water partition coefficient (Wildman–Crippen LogP) is 6.44. The molecule has 37 heavy (non-hydrogen) atoms. The molecule has 7 rings (SSSR count). The fourth-order valence-electron chi connectivity index (χ4n) is 7.24. The number of benzene rings is 2. The van der Waals surface area contributed by atoms with Crippen LogP contribution < -0.4 is 10.6 Å². The highest BCUT2D eigenvalue weighted by atomic mass is 35.5. The summed E-state index contributed by atoms with van der Waals surface area (Å²) in [6.45, 7) is 3.14. The van der Waals surface area contributed by atoms with E-state index in [4.69, 9.17) is 23.2 Å². The van der Waals surface area contributed by atoms with Crippen molar-refractivity contribution in [3.05, 3.63) is 69.6 Å². The molecule has 4 aliphatic carbocycles. The van der Waals surface area contributed by atoms with Gasteiger partial charge in [-0.2, -0.15) is 5.10 Å². The van der Waals surface area contributed by atoms with Gasteiger partial charge in [0.1, 0.15) is 5.82 Å². The first kappa shape index (κ1) is 24.9.